The zero-order valence-electron chi connectivity index (χ0n) is 18.1. The number of fused-ring (bicyclic) bond motifs is 1. The summed E-state index contributed by atoms with van der Waals surface area (Å²) in [4.78, 5) is 12.6. The van der Waals surface area contributed by atoms with Gasteiger partial charge in [0.05, 0.1) is 19.6 Å². The van der Waals surface area contributed by atoms with Crippen molar-refractivity contribution in [3.05, 3.63) is 72.3 Å². The number of carbonyl (C=O) groups is 1. The van der Waals surface area contributed by atoms with Gasteiger partial charge >= 0.3 is 0 Å². The van der Waals surface area contributed by atoms with Crippen molar-refractivity contribution in [2.75, 3.05) is 20.3 Å². The Morgan fingerprint density at radius 2 is 1.81 bits per heavy atom. The smallest absolute Gasteiger partial charge is 0.231 e. The molecule has 0 aliphatic heterocycles. The summed E-state index contributed by atoms with van der Waals surface area (Å²) in [7, 11) is 1.62. The van der Waals surface area contributed by atoms with Crippen molar-refractivity contribution in [2.45, 2.75) is 19.3 Å². The standard InChI is InChI=1S/C24H25N5O3/c1-3-20(17-7-5-4-6-8-17)24(30)25-15-16-32-22-14-13-21-26-27-23(29(21)28-22)18-9-11-19(31-2)12-10-18/h4-14,20H,3,15-16H2,1-2H3,(H,25,30)/t20-/m0/s1. The average molecular weight is 431 g/mol. The van der Waals surface area contributed by atoms with Crippen LogP contribution in [0.2, 0.25) is 0 Å². The Balaban J connectivity index is 1.38. The molecule has 0 saturated heterocycles. The number of amides is 1. The van der Waals surface area contributed by atoms with E-state index in [0.717, 1.165) is 23.3 Å². The second kappa shape index (κ2) is 9.91. The van der Waals surface area contributed by atoms with Crippen molar-refractivity contribution in [3.8, 4) is 23.0 Å². The number of hydrogen-bond donors (Lipinski definition) is 1. The SMILES string of the molecule is CC[C@H](C(=O)NCCOc1ccc2nnc(-c3ccc(OC)cc3)n2n1)c1ccccc1. The highest BCUT2D eigenvalue weighted by atomic mass is 16.5. The number of nitrogens with one attached hydrogen (secondary N) is 1. The maximum atomic E-state index is 12.6. The molecule has 164 valence electrons. The van der Waals surface area contributed by atoms with Crippen LogP contribution in [0, 0.1) is 0 Å². The van der Waals surface area contributed by atoms with Crippen LogP contribution in [0.4, 0.5) is 0 Å². The molecule has 8 nitrogen and oxygen atoms in total. The lowest BCUT2D eigenvalue weighted by atomic mass is 9.96. The van der Waals surface area contributed by atoms with Gasteiger partial charge in [-0.1, -0.05) is 37.3 Å². The first-order chi connectivity index (χ1) is 15.7. The molecule has 4 aromatic rings. The van der Waals surface area contributed by atoms with Crippen molar-refractivity contribution >= 4 is 11.6 Å². The summed E-state index contributed by atoms with van der Waals surface area (Å²) < 4.78 is 12.6. The molecular weight excluding hydrogens is 406 g/mol. The number of ether oxygens (including phenoxy) is 2. The largest absolute Gasteiger partial charge is 0.497 e. The molecule has 0 saturated carbocycles. The van der Waals surface area contributed by atoms with Crippen molar-refractivity contribution in [1.29, 1.82) is 0 Å². The molecule has 2 aromatic carbocycles. The van der Waals surface area contributed by atoms with Gasteiger partial charge in [0.15, 0.2) is 11.5 Å². The molecule has 1 N–H and O–H groups in total. The highest BCUT2D eigenvalue weighted by Crippen LogP contribution is 2.22. The highest BCUT2D eigenvalue weighted by Gasteiger charge is 2.18. The van der Waals surface area contributed by atoms with Crippen LogP contribution in [-0.2, 0) is 4.79 Å². The summed E-state index contributed by atoms with van der Waals surface area (Å²) in [6, 6.07) is 20.8. The molecule has 0 fully saturated rings. The van der Waals surface area contributed by atoms with Crippen molar-refractivity contribution in [3.63, 3.8) is 0 Å². The molecule has 2 aromatic heterocycles. The minimum absolute atomic E-state index is 0.00804. The maximum Gasteiger partial charge on any atom is 0.231 e. The molecule has 32 heavy (non-hydrogen) atoms. The molecular formula is C24H25N5O3. The topological polar surface area (TPSA) is 90.6 Å². The zero-order chi connectivity index (χ0) is 22.3. The molecule has 0 aliphatic carbocycles. The van der Waals surface area contributed by atoms with Crippen LogP contribution in [0.5, 0.6) is 11.6 Å². The van der Waals surface area contributed by atoms with Crippen LogP contribution in [0.3, 0.4) is 0 Å². The summed E-state index contributed by atoms with van der Waals surface area (Å²) in [6.45, 7) is 2.69. The van der Waals surface area contributed by atoms with E-state index in [1.165, 1.54) is 0 Å². The number of nitrogens with zero attached hydrogens (tertiary/aromatic N) is 4. The van der Waals surface area contributed by atoms with E-state index >= 15 is 0 Å². The summed E-state index contributed by atoms with van der Waals surface area (Å²) in [5.41, 5.74) is 2.49. The molecule has 1 atom stereocenters. The van der Waals surface area contributed by atoms with E-state index in [2.05, 4.69) is 20.6 Å². The predicted octanol–water partition coefficient (Wildman–Crippen LogP) is 3.49. The van der Waals surface area contributed by atoms with Gasteiger partial charge < -0.3 is 14.8 Å². The molecule has 1 amide bonds. The Labute approximate surface area is 186 Å². The first-order valence-corrected chi connectivity index (χ1v) is 10.5. The number of carbonyl (C=O) groups excluding carboxylic acids is 1. The second-order valence-electron chi connectivity index (χ2n) is 7.20. The third-order valence-electron chi connectivity index (χ3n) is 5.16. The van der Waals surface area contributed by atoms with Crippen molar-refractivity contribution < 1.29 is 14.3 Å². The van der Waals surface area contributed by atoms with E-state index in [4.69, 9.17) is 9.47 Å². The summed E-state index contributed by atoms with van der Waals surface area (Å²) in [6.07, 6.45) is 0.733. The fourth-order valence-corrected chi connectivity index (χ4v) is 3.48. The minimum atomic E-state index is -0.172. The number of hydrogen-bond acceptors (Lipinski definition) is 6. The van der Waals surface area contributed by atoms with Crippen LogP contribution in [0.25, 0.3) is 17.0 Å². The molecule has 0 unspecified atom stereocenters. The third kappa shape index (κ3) is 4.69. The predicted molar refractivity (Wildman–Crippen MR) is 121 cm³/mol. The van der Waals surface area contributed by atoms with Gasteiger partial charge in [0.2, 0.25) is 11.8 Å². The van der Waals surface area contributed by atoms with Crippen LogP contribution < -0.4 is 14.8 Å². The van der Waals surface area contributed by atoms with E-state index in [1.54, 1.807) is 23.8 Å². The van der Waals surface area contributed by atoms with E-state index in [-0.39, 0.29) is 11.8 Å². The number of benzene rings is 2. The second-order valence-corrected chi connectivity index (χ2v) is 7.20. The van der Waals surface area contributed by atoms with Crippen LogP contribution in [0.15, 0.2) is 66.7 Å². The molecule has 0 radical (unpaired) electrons. The number of methoxy groups -OCH3 is 1. The Morgan fingerprint density at radius 3 is 2.53 bits per heavy atom. The zero-order valence-corrected chi connectivity index (χ0v) is 18.1. The van der Waals surface area contributed by atoms with Gasteiger partial charge in [0.1, 0.15) is 12.4 Å². The lowest BCUT2D eigenvalue weighted by Crippen LogP contribution is -2.32. The lowest BCUT2D eigenvalue weighted by Gasteiger charge is -2.15. The van der Waals surface area contributed by atoms with E-state index in [0.29, 0.717) is 30.5 Å². The molecule has 2 heterocycles. The van der Waals surface area contributed by atoms with Gasteiger partial charge in [-0.05, 0) is 42.3 Å². The molecule has 4 rings (SSSR count). The Morgan fingerprint density at radius 1 is 1.03 bits per heavy atom. The molecule has 8 heteroatoms. The van der Waals surface area contributed by atoms with Crippen LogP contribution in [-0.4, -0.2) is 46.0 Å². The molecule has 0 bridgehead atoms. The maximum absolute atomic E-state index is 12.6. The number of rotatable bonds is 9. The van der Waals surface area contributed by atoms with Crippen LogP contribution in [0.1, 0.15) is 24.8 Å². The van der Waals surface area contributed by atoms with E-state index in [9.17, 15) is 4.79 Å². The normalized spacial score (nSPS) is 11.8. The van der Waals surface area contributed by atoms with E-state index in [1.807, 2.05) is 61.5 Å². The van der Waals surface area contributed by atoms with Gasteiger partial charge in [0, 0.05) is 11.6 Å². The van der Waals surface area contributed by atoms with Crippen molar-refractivity contribution in [1.82, 2.24) is 25.1 Å². The van der Waals surface area contributed by atoms with Crippen molar-refractivity contribution in [2.24, 2.45) is 0 Å². The van der Waals surface area contributed by atoms with Crippen LogP contribution >= 0.6 is 0 Å². The minimum Gasteiger partial charge on any atom is -0.497 e. The Hall–Kier alpha value is -3.94. The summed E-state index contributed by atoms with van der Waals surface area (Å²) >= 11 is 0. The highest BCUT2D eigenvalue weighted by molar-refractivity contribution is 5.83. The van der Waals surface area contributed by atoms with E-state index < -0.39 is 0 Å². The Bertz CT molecular complexity index is 1180. The van der Waals surface area contributed by atoms with Gasteiger partial charge in [-0.15, -0.1) is 15.3 Å². The number of aromatic nitrogens is 4. The van der Waals surface area contributed by atoms with Gasteiger partial charge in [-0.2, -0.15) is 4.52 Å². The Kier molecular flexibility index (Phi) is 6.60. The lowest BCUT2D eigenvalue weighted by molar-refractivity contribution is -0.122. The first-order valence-electron chi connectivity index (χ1n) is 10.5. The molecule has 0 spiro atoms. The average Bonchev–Trinajstić information content (AvgIpc) is 3.26. The quantitative estimate of drug-likeness (QED) is 0.408. The third-order valence-corrected chi connectivity index (χ3v) is 5.16. The summed E-state index contributed by atoms with van der Waals surface area (Å²) in [5.74, 6) is 1.62. The monoisotopic (exact) mass is 431 g/mol. The van der Waals surface area contributed by atoms with Gasteiger partial charge in [-0.25, -0.2) is 0 Å². The van der Waals surface area contributed by atoms with Gasteiger partial charge in [0.25, 0.3) is 0 Å². The fraction of sp³-hybridized carbons (Fsp3) is 0.250. The summed E-state index contributed by atoms with van der Waals surface area (Å²) in [5, 5.41) is 15.8. The van der Waals surface area contributed by atoms with Gasteiger partial charge in [-0.3, -0.25) is 4.79 Å². The first kappa shape index (κ1) is 21.3. The fourth-order valence-electron chi connectivity index (χ4n) is 3.48. The molecule has 0 aliphatic rings.